The fourth-order valence-electron chi connectivity index (χ4n) is 9.13. The number of amides is 2. The largest absolute Gasteiger partial charge is 0.744 e. The summed E-state index contributed by atoms with van der Waals surface area (Å²) in [4.78, 5) is 63.4. The van der Waals surface area contributed by atoms with Gasteiger partial charge in [0.05, 0.1) is 12.3 Å². The third kappa shape index (κ3) is 11.2. The van der Waals surface area contributed by atoms with Gasteiger partial charge in [-0.3, -0.25) is 37.5 Å². The predicted molar refractivity (Wildman–Crippen MR) is 264 cm³/mol. The van der Waals surface area contributed by atoms with Gasteiger partial charge in [-0.1, -0.05) is 31.0 Å². The molecular weight excluding hydrogens is 1030 g/mol. The molecule has 4 aliphatic rings. The molecule has 0 spiro atoms. The van der Waals surface area contributed by atoms with Gasteiger partial charge in [0.15, 0.2) is 28.7 Å². The summed E-state index contributed by atoms with van der Waals surface area (Å²) in [6, 6.07) is 12.1. The van der Waals surface area contributed by atoms with Crippen molar-refractivity contribution in [2.75, 3.05) is 62.7 Å². The highest BCUT2D eigenvalue weighted by atomic mass is 32.2. The maximum Gasteiger partial charge on any atom is 0.472 e. The molecule has 26 nitrogen and oxygen atoms in total. The van der Waals surface area contributed by atoms with Crippen LogP contribution in [-0.4, -0.2) is 137 Å². The number of aliphatic hydroxyl groups is 1. The van der Waals surface area contributed by atoms with E-state index in [1.165, 1.54) is 39.8 Å². The third-order valence-corrected chi connectivity index (χ3v) is 15.2. The maximum absolute atomic E-state index is 14.3. The Bertz CT molecular complexity index is 3510. The topological polar surface area (TPSA) is 387 Å². The van der Waals surface area contributed by atoms with Crippen molar-refractivity contribution < 1.29 is 73.3 Å². The van der Waals surface area contributed by atoms with Crippen LogP contribution in [0.15, 0.2) is 67.5 Å². The number of ether oxygens (including phenoxy) is 1. The lowest BCUT2D eigenvalue weighted by Gasteiger charge is -2.27. The number of nitrogens with two attached hydrogens (primary N) is 1. The van der Waals surface area contributed by atoms with Gasteiger partial charge >= 0.3 is 17.9 Å². The number of hydrogen-bond acceptors (Lipinski definition) is 19. The first-order chi connectivity index (χ1) is 35.1. The van der Waals surface area contributed by atoms with Gasteiger partial charge in [-0.2, -0.15) is 13.4 Å². The van der Waals surface area contributed by atoms with Crippen LogP contribution in [0.5, 0.6) is 0 Å². The van der Waals surface area contributed by atoms with Crippen LogP contribution in [0, 0.1) is 0 Å². The normalized spacial score (nSPS) is 20.3. The molecule has 10 N–H and O–H groups in total. The van der Waals surface area contributed by atoms with Gasteiger partial charge in [0, 0.05) is 67.8 Å². The van der Waals surface area contributed by atoms with E-state index in [4.69, 9.17) is 23.9 Å². The Balaban J connectivity index is 0.886. The lowest BCUT2D eigenvalue weighted by atomic mass is 9.90. The van der Waals surface area contributed by atoms with Crippen LogP contribution in [0.4, 0.5) is 17.6 Å². The summed E-state index contributed by atoms with van der Waals surface area (Å²) < 4.78 is 111. The summed E-state index contributed by atoms with van der Waals surface area (Å²) in [5, 5.41) is 20.0. The van der Waals surface area contributed by atoms with Crippen molar-refractivity contribution in [3.63, 3.8) is 0 Å². The number of rotatable bonds is 20. The molecule has 1 unspecified atom stereocenters. The van der Waals surface area contributed by atoms with Crippen LogP contribution in [0.25, 0.3) is 44.6 Å². The zero-order valence-electron chi connectivity index (χ0n) is 40.2. The van der Waals surface area contributed by atoms with Crippen LogP contribution in [0.2, 0.25) is 0 Å². The van der Waals surface area contributed by atoms with Crippen molar-refractivity contribution in [2.24, 2.45) is 0 Å². The summed E-state index contributed by atoms with van der Waals surface area (Å²) >= 11 is 0. The second kappa shape index (κ2) is 21.9. The Hall–Kier alpha value is -6.33. The van der Waals surface area contributed by atoms with E-state index >= 15 is 0 Å². The van der Waals surface area contributed by atoms with Crippen molar-refractivity contribution in [1.29, 1.82) is 0 Å². The maximum atomic E-state index is 14.3. The molecule has 5 atom stereocenters. The van der Waals surface area contributed by atoms with E-state index < -0.39 is 85.2 Å². The number of phosphoric acid groups is 1. The average Bonchev–Trinajstić information content (AvgIpc) is 3.85. The molecule has 2 fully saturated rings. The van der Waals surface area contributed by atoms with E-state index in [1.807, 2.05) is 0 Å². The highest BCUT2D eigenvalue weighted by Gasteiger charge is 2.53. The highest BCUT2D eigenvalue weighted by Crippen LogP contribution is 2.53. The van der Waals surface area contributed by atoms with Gasteiger partial charge < -0.3 is 50.3 Å². The van der Waals surface area contributed by atoms with Crippen molar-refractivity contribution in [1.82, 2.24) is 29.7 Å². The second-order valence-corrected chi connectivity index (χ2v) is 21.6. The third-order valence-electron chi connectivity index (χ3n) is 12.4. The Morgan fingerprint density at radius 2 is 1.74 bits per heavy atom. The van der Waals surface area contributed by atoms with Crippen molar-refractivity contribution >= 4 is 79.6 Å². The second-order valence-electron chi connectivity index (χ2n) is 17.5. The van der Waals surface area contributed by atoms with Gasteiger partial charge in [-0.25, -0.2) is 23.0 Å². The Kier molecular flexibility index (Phi) is 15.9. The molecule has 4 aromatic rings. The number of H-pyrrole nitrogens is 1. The van der Waals surface area contributed by atoms with E-state index in [0.717, 1.165) is 12.8 Å². The van der Waals surface area contributed by atoms with Crippen LogP contribution in [-0.2, 0) is 43.4 Å². The van der Waals surface area contributed by atoms with Gasteiger partial charge in [-0.05, 0) is 62.9 Å². The van der Waals surface area contributed by atoms with Gasteiger partial charge in [-0.15, -0.1) is 0 Å². The molecule has 8 rings (SSSR count). The highest BCUT2D eigenvalue weighted by molar-refractivity contribution is 7.86. The van der Waals surface area contributed by atoms with Crippen LogP contribution in [0.3, 0.4) is 0 Å². The first-order valence-corrected chi connectivity index (χ1v) is 27.9. The first kappa shape index (κ1) is 53.9. The number of phosphoric ester groups is 1. The summed E-state index contributed by atoms with van der Waals surface area (Å²) in [6.07, 6.45) is -1.70. The van der Waals surface area contributed by atoms with E-state index in [1.54, 1.807) is 39.1 Å². The number of aromatic amines is 1. The van der Waals surface area contributed by atoms with Gasteiger partial charge in [0.1, 0.15) is 39.9 Å². The van der Waals surface area contributed by atoms with Gasteiger partial charge in [0.25, 0.3) is 11.5 Å². The fourth-order valence-corrected chi connectivity index (χ4v) is 11.7. The molecule has 1 aliphatic carbocycles. The SMILES string of the molecule is CCNc1ccc2c(-c3ccccc3C(=O)N(C)CCCC(=O)NCCCCCCNc3nc4c(=O)[nH]c(N)nc4n3[C@@H]3O[C@@H]4COP(=O)(O)O[C@H]4[C@H]3O)c3ccc(=[NH+]CC)c(S(=O)(=O)O)c-3oc2c1S(=O)(=O)[O-]. The monoisotopic (exact) mass is 1090 g/mol. The average molecular weight is 1090 g/mol. The minimum Gasteiger partial charge on any atom is -0.744 e. The summed E-state index contributed by atoms with van der Waals surface area (Å²) in [5.74, 6) is -1.26. The van der Waals surface area contributed by atoms with Crippen LogP contribution in [0.1, 0.15) is 69.0 Å². The molecule has 5 heterocycles. The Morgan fingerprint density at radius 1 is 1.00 bits per heavy atom. The van der Waals surface area contributed by atoms with E-state index in [0.29, 0.717) is 25.9 Å². The van der Waals surface area contributed by atoms with Crippen LogP contribution < -0.4 is 37.6 Å². The number of unbranched alkanes of at least 4 members (excludes halogenated alkanes) is 3. The van der Waals surface area contributed by atoms with E-state index in [9.17, 15) is 54.9 Å². The zero-order valence-corrected chi connectivity index (χ0v) is 42.7. The molecule has 0 radical (unpaired) electrons. The van der Waals surface area contributed by atoms with E-state index in [-0.39, 0.29) is 107 Å². The molecule has 74 heavy (non-hydrogen) atoms. The summed E-state index contributed by atoms with van der Waals surface area (Å²) in [7, 11) is -13.2. The van der Waals surface area contributed by atoms with Crippen molar-refractivity contribution in [2.45, 2.75) is 86.7 Å². The zero-order chi connectivity index (χ0) is 53.3. The molecule has 398 valence electrons. The van der Waals surface area contributed by atoms with Crippen molar-refractivity contribution in [3.05, 3.63) is 69.8 Å². The number of carbonyl (C=O) groups excluding carboxylic acids is 2. The molecule has 2 amide bonds. The number of fused-ring (bicyclic) bond motifs is 4. The number of benzene rings is 3. The smallest absolute Gasteiger partial charge is 0.472 e. The van der Waals surface area contributed by atoms with Crippen molar-refractivity contribution in [3.8, 4) is 22.5 Å². The number of nitrogen functional groups attached to an aromatic ring is 1. The minimum atomic E-state index is -5.30. The quantitative estimate of drug-likeness (QED) is 0.0225. The molecule has 0 bridgehead atoms. The first-order valence-electron chi connectivity index (χ1n) is 23.6. The molecule has 0 saturated carbocycles. The number of hydrogen-bond donors (Lipinski definition) is 9. The summed E-state index contributed by atoms with van der Waals surface area (Å²) in [5.41, 5.74) is 5.10. The molecule has 2 aromatic heterocycles. The van der Waals surface area contributed by atoms with Gasteiger partial charge in [0.2, 0.25) is 28.1 Å². The number of aromatic nitrogens is 4. The Labute approximate surface area is 422 Å². The van der Waals surface area contributed by atoms with Crippen LogP contribution >= 0.6 is 7.82 Å². The number of nitrogens with one attached hydrogen (secondary N) is 5. The molecule has 2 saturated heterocycles. The number of nitrogens with zero attached hydrogens (tertiary/aromatic N) is 4. The summed E-state index contributed by atoms with van der Waals surface area (Å²) in [6.45, 7) is 4.38. The minimum absolute atomic E-state index is 0.00467. The predicted octanol–water partition coefficient (Wildman–Crippen LogP) is 1.22. The Morgan fingerprint density at radius 3 is 2.46 bits per heavy atom. The number of carbonyl (C=O) groups is 2. The number of anilines is 3. The molecule has 29 heteroatoms. The number of imidazole rings is 1. The fraction of sp³-hybridized carbons (Fsp3) is 0.422. The molecule has 2 aromatic carbocycles. The lowest BCUT2D eigenvalue weighted by Crippen LogP contribution is -2.76. The standard InChI is InChI=1S/C45H55N10O16PS2/c1-4-47-28-18-16-26-32(27-17-19-29(48-5-2)39(74(65,66)67)36(27)70-35(26)38(28)73(62,63)64)24-13-8-9-14-25(24)42(59)54(3)22-12-15-31(56)49-20-10-6-7-11-21-50-45-51-33-40(52-44(46)53-41(33)58)55(45)43-34(57)37-30(69-43)23-68-72(60,61)71-37/h8-9,13-14,16-19,30,34,37,43,47,57H,4-7,10-12,15,20-23H2,1-3H3,(H,49,56)(H,50,51)(H,60,61)(H,62,63,64)(H,65,66,67)(H3,46,52,53,58)/t30-,34-,37-,43-/m1/s1. The lowest BCUT2D eigenvalue weighted by molar-refractivity contribution is -0.498. The molecule has 3 aliphatic heterocycles. The molecular formula is C45H55N10O16PS2. The van der Waals surface area contributed by atoms with E-state index in [2.05, 4.69) is 35.9 Å². The number of aliphatic hydroxyl groups excluding tert-OH is 1.